The Bertz CT molecular complexity index is 788. The Hall–Kier alpha value is -2.61. The lowest BCUT2D eigenvalue weighted by atomic mass is 10.2. The molecule has 0 unspecified atom stereocenters. The molecule has 0 radical (unpaired) electrons. The molecule has 0 aliphatic heterocycles. The van der Waals surface area contributed by atoms with E-state index in [1.165, 1.54) is 0 Å². The van der Waals surface area contributed by atoms with Crippen LogP contribution < -0.4 is 16.0 Å². The zero-order valence-corrected chi connectivity index (χ0v) is 16.7. The SMILES string of the molecule is CCc1nncn1CCNC(=NC)NCCC(=O)Nc1cccc(Cl)c1C. The largest absolute Gasteiger partial charge is 0.356 e. The molecule has 146 valence electrons. The topological polar surface area (TPSA) is 96.2 Å². The van der Waals surface area contributed by atoms with Gasteiger partial charge in [-0.1, -0.05) is 24.6 Å². The minimum atomic E-state index is -0.0830. The van der Waals surface area contributed by atoms with Crippen molar-refractivity contribution in [2.45, 2.75) is 33.2 Å². The monoisotopic (exact) mass is 391 g/mol. The minimum Gasteiger partial charge on any atom is -0.356 e. The van der Waals surface area contributed by atoms with Crippen molar-refractivity contribution >= 4 is 29.2 Å². The average molecular weight is 392 g/mol. The molecule has 0 fully saturated rings. The molecule has 27 heavy (non-hydrogen) atoms. The summed E-state index contributed by atoms with van der Waals surface area (Å²) in [4.78, 5) is 16.3. The highest BCUT2D eigenvalue weighted by Crippen LogP contribution is 2.22. The molecule has 1 amide bonds. The molecule has 0 spiro atoms. The fraction of sp³-hybridized carbons (Fsp3) is 0.444. The normalized spacial score (nSPS) is 11.3. The standard InChI is InChI=1S/C18H26ClN7O/c1-4-16-25-23-12-26(16)11-10-22-18(20-3)21-9-8-17(27)24-15-7-5-6-14(19)13(15)2/h5-7,12H,4,8-11H2,1-3H3,(H,24,27)(H2,20,21,22). The van der Waals surface area contributed by atoms with Crippen LogP contribution in [0.5, 0.6) is 0 Å². The zero-order chi connectivity index (χ0) is 19.6. The first-order valence-electron chi connectivity index (χ1n) is 8.91. The number of carbonyl (C=O) groups is 1. The minimum absolute atomic E-state index is 0.0830. The van der Waals surface area contributed by atoms with Crippen molar-refractivity contribution in [1.82, 2.24) is 25.4 Å². The number of benzene rings is 1. The van der Waals surface area contributed by atoms with Crippen LogP contribution in [0.2, 0.25) is 5.02 Å². The van der Waals surface area contributed by atoms with Crippen LogP contribution in [0.1, 0.15) is 24.7 Å². The number of aromatic nitrogens is 3. The van der Waals surface area contributed by atoms with Gasteiger partial charge in [0.1, 0.15) is 12.2 Å². The number of carbonyl (C=O) groups excluding carboxylic acids is 1. The number of hydrogen-bond acceptors (Lipinski definition) is 4. The molecular formula is C18H26ClN7O. The summed E-state index contributed by atoms with van der Waals surface area (Å²) in [6.07, 6.45) is 2.88. The van der Waals surface area contributed by atoms with Crippen LogP contribution in [0, 0.1) is 6.92 Å². The Kier molecular flexibility index (Phi) is 8.06. The molecule has 0 saturated carbocycles. The summed E-state index contributed by atoms with van der Waals surface area (Å²) < 4.78 is 2.00. The smallest absolute Gasteiger partial charge is 0.226 e. The third kappa shape index (κ3) is 6.25. The number of anilines is 1. The highest BCUT2D eigenvalue weighted by molar-refractivity contribution is 6.31. The van der Waals surface area contributed by atoms with E-state index in [2.05, 4.69) is 31.1 Å². The predicted octanol–water partition coefficient (Wildman–Crippen LogP) is 2.00. The van der Waals surface area contributed by atoms with E-state index in [0.29, 0.717) is 30.5 Å². The van der Waals surface area contributed by atoms with Crippen molar-refractivity contribution in [2.24, 2.45) is 4.99 Å². The van der Waals surface area contributed by atoms with Crippen molar-refractivity contribution in [3.63, 3.8) is 0 Å². The van der Waals surface area contributed by atoms with E-state index < -0.39 is 0 Å². The Morgan fingerprint density at radius 1 is 1.30 bits per heavy atom. The molecule has 0 saturated heterocycles. The number of rotatable bonds is 8. The first-order valence-corrected chi connectivity index (χ1v) is 9.29. The van der Waals surface area contributed by atoms with E-state index in [0.717, 1.165) is 30.0 Å². The van der Waals surface area contributed by atoms with Gasteiger partial charge in [-0.2, -0.15) is 0 Å². The molecule has 2 rings (SSSR count). The molecule has 0 aliphatic rings. The van der Waals surface area contributed by atoms with E-state index in [1.807, 2.05) is 30.5 Å². The molecular weight excluding hydrogens is 366 g/mol. The second kappa shape index (κ2) is 10.5. The molecule has 3 N–H and O–H groups in total. The van der Waals surface area contributed by atoms with Crippen molar-refractivity contribution < 1.29 is 4.79 Å². The van der Waals surface area contributed by atoms with Gasteiger partial charge >= 0.3 is 0 Å². The summed E-state index contributed by atoms with van der Waals surface area (Å²) in [7, 11) is 1.70. The highest BCUT2D eigenvalue weighted by Gasteiger charge is 2.07. The number of nitrogens with zero attached hydrogens (tertiary/aromatic N) is 4. The molecule has 1 aromatic carbocycles. The molecule has 2 aromatic rings. The maximum Gasteiger partial charge on any atom is 0.226 e. The fourth-order valence-corrected chi connectivity index (χ4v) is 2.68. The van der Waals surface area contributed by atoms with Gasteiger partial charge in [0.15, 0.2) is 5.96 Å². The summed E-state index contributed by atoms with van der Waals surface area (Å²) >= 11 is 6.07. The molecule has 0 aliphatic carbocycles. The lowest BCUT2D eigenvalue weighted by molar-refractivity contribution is -0.116. The summed E-state index contributed by atoms with van der Waals surface area (Å²) in [6, 6.07) is 5.45. The van der Waals surface area contributed by atoms with Gasteiger partial charge in [0.2, 0.25) is 5.91 Å². The predicted molar refractivity (Wildman–Crippen MR) is 108 cm³/mol. The lowest BCUT2D eigenvalue weighted by Gasteiger charge is -2.13. The molecule has 9 heteroatoms. The van der Waals surface area contributed by atoms with E-state index in [-0.39, 0.29) is 5.91 Å². The van der Waals surface area contributed by atoms with Gasteiger partial charge in [-0.25, -0.2) is 0 Å². The number of nitrogens with one attached hydrogen (secondary N) is 3. The third-order valence-corrected chi connectivity index (χ3v) is 4.48. The van der Waals surface area contributed by atoms with E-state index in [4.69, 9.17) is 11.6 Å². The van der Waals surface area contributed by atoms with Crippen molar-refractivity contribution in [3.05, 3.63) is 40.9 Å². The second-order valence-corrected chi connectivity index (χ2v) is 6.34. The lowest BCUT2D eigenvalue weighted by Crippen LogP contribution is -2.40. The van der Waals surface area contributed by atoms with Gasteiger partial charge in [0.05, 0.1) is 0 Å². The summed E-state index contributed by atoms with van der Waals surface area (Å²) in [6.45, 7) is 5.81. The molecule has 8 nitrogen and oxygen atoms in total. The number of hydrogen-bond donors (Lipinski definition) is 3. The first-order chi connectivity index (χ1) is 13.0. The van der Waals surface area contributed by atoms with Crippen LogP contribution in [0.25, 0.3) is 0 Å². The number of aryl methyl sites for hydroxylation is 1. The van der Waals surface area contributed by atoms with Gasteiger partial charge in [0, 0.05) is 50.2 Å². The third-order valence-electron chi connectivity index (χ3n) is 4.07. The van der Waals surface area contributed by atoms with Crippen molar-refractivity contribution in [3.8, 4) is 0 Å². The Morgan fingerprint density at radius 3 is 2.81 bits per heavy atom. The molecule has 0 bridgehead atoms. The number of aliphatic imine (C=N–C) groups is 1. The Labute approximate surface area is 164 Å². The maximum absolute atomic E-state index is 12.1. The highest BCUT2D eigenvalue weighted by atomic mass is 35.5. The molecule has 0 atom stereocenters. The quantitative estimate of drug-likeness (QED) is 0.472. The fourth-order valence-electron chi connectivity index (χ4n) is 2.50. The summed E-state index contributed by atoms with van der Waals surface area (Å²) in [5.41, 5.74) is 1.59. The zero-order valence-electron chi connectivity index (χ0n) is 15.9. The van der Waals surface area contributed by atoms with Crippen molar-refractivity contribution in [2.75, 3.05) is 25.5 Å². The average Bonchev–Trinajstić information content (AvgIpc) is 3.11. The molecule has 1 aromatic heterocycles. The summed E-state index contributed by atoms with van der Waals surface area (Å²) in [5, 5.41) is 17.8. The number of guanidine groups is 1. The van der Waals surface area contributed by atoms with Crippen LogP contribution in [-0.2, 0) is 17.8 Å². The first kappa shape index (κ1) is 20.7. The maximum atomic E-state index is 12.1. The van der Waals surface area contributed by atoms with Gasteiger partial charge in [-0.15, -0.1) is 10.2 Å². The van der Waals surface area contributed by atoms with E-state index >= 15 is 0 Å². The van der Waals surface area contributed by atoms with E-state index in [9.17, 15) is 4.79 Å². The van der Waals surface area contributed by atoms with Crippen LogP contribution in [0.4, 0.5) is 5.69 Å². The van der Waals surface area contributed by atoms with Crippen molar-refractivity contribution in [1.29, 1.82) is 0 Å². The Morgan fingerprint density at radius 2 is 2.07 bits per heavy atom. The van der Waals surface area contributed by atoms with Gasteiger partial charge in [-0.3, -0.25) is 9.79 Å². The second-order valence-electron chi connectivity index (χ2n) is 5.93. The van der Waals surface area contributed by atoms with Crippen LogP contribution in [0.3, 0.4) is 0 Å². The van der Waals surface area contributed by atoms with E-state index in [1.54, 1.807) is 19.4 Å². The number of amides is 1. The van der Waals surface area contributed by atoms with Crippen LogP contribution in [-0.4, -0.2) is 46.8 Å². The molecule has 1 heterocycles. The van der Waals surface area contributed by atoms with Crippen LogP contribution in [0.15, 0.2) is 29.5 Å². The summed E-state index contributed by atoms with van der Waals surface area (Å²) in [5.74, 6) is 1.51. The van der Waals surface area contributed by atoms with Gasteiger partial charge in [0.25, 0.3) is 0 Å². The number of halogens is 1. The van der Waals surface area contributed by atoms with Crippen LogP contribution >= 0.6 is 11.6 Å². The van der Waals surface area contributed by atoms with Gasteiger partial charge < -0.3 is 20.5 Å². The van der Waals surface area contributed by atoms with Gasteiger partial charge in [-0.05, 0) is 24.6 Å². The Balaban J connectivity index is 1.71.